The third kappa shape index (κ3) is 2.89. The van der Waals surface area contributed by atoms with Gasteiger partial charge >= 0.3 is 0 Å². The predicted molar refractivity (Wildman–Crippen MR) is 77.3 cm³/mol. The zero-order valence-corrected chi connectivity index (χ0v) is 13.6. The van der Waals surface area contributed by atoms with Crippen molar-refractivity contribution in [2.45, 2.75) is 31.5 Å². The molecule has 0 aliphatic heterocycles. The first-order valence-corrected chi connectivity index (χ1v) is 8.04. The number of nitrogens with two attached hydrogens (primary N) is 1. The van der Waals surface area contributed by atoms with E-state index in [0.717, 1.165) is 4.47 Å². The van der Waals surface area contributed by atoms with Gasteiger partial charge in [-0.2, -0.15) is 0 Å². The van der Waals surface area contributed by atoms with Gasteiger partial charge in [-0.3, -0.25) is 9.55 Å². The first-order chi connectivity index (χ1) is 9.10. The largest absolute Gasteiger partial charge is 0.291 e. The van der Waals surface area contributed by atoms with Gasteiger partial charge in [-0.15, -0.1) is 10.2 Å². The van der Waals surface area contributed by atoms with E-state index >= 15 is 0 Å². The van der Waals surface area contributed by atoms with E-state index in [4.69, 9.17) is 5.14 Å². The van der Waals surface area contributed by atoms with Crippen LogP contribution in [0.1, 0.15) is 20.8 Å². The third-order valence-electron chi connectivity index (χ3n) is 2.52. The summed E-state index contributed by atoms with van der Waals surface area (Å²) in [6.07, 6.45) is 3.21. The van der Waals surface area contributed by atoms with Crippen LogP contribution >= 0.6 is 15.9 Å². The molecule has 0 atom stereocenters. The highest BCUT2D eigenvalue weighted by Gasteiger charge is 2.29. The summed E-state index contributed by atoms with van der Waals surface area (Å²) in [5.74, 6) is 0.398. The molecule has 2 N–H and O–H groups in total. The second kappa shape index (κ2) is 4.90. The highest BCUT2D eigenvalue weighted by Crippen LogP contribution is 2.28. The number of primary sulfonamides is 1. The number of pyridine rings is 1. The fraction of sp³-hybridized carbons (Fsp3) is 0.364. The Labute approximate surface area is 125 Å². The molecule has 0 aliphatic rings. The third-order valence-corrected chi connectivity index (χ3v) is 3.73. The lowest BCUT2D eigenvalue weighted by Gasteiger charge is -2.24. The number of hydrogen-bond acceptors (Lipinski definition) is 5. The van der Waals surface area contributed by atoms with Gasteiger partial charge in [-0.1, -0.05) is 0 Å². The lowest BCUT2D eigenvalue weighted by Crippen LogP contribution is -2.29. The Bertz CT molecular complexity index is 748. The summed E-state index contributed by atoms with van der Waals surface area (Å²) in [4.78, 5) is 4.05. The van der Waals surface area contributed by atoms with Crippen LogP contribution in [0.15, 0.2) is 28.1 Å². The molecule has 0 radical (unpaired) electrons. The Hall–Kier alpha value is -1.32. The quantitative estimate of drug-likeness (QED) is 0.874. The molecule has 0 bridgehead atoms. The van der Waals surface area contributed by atoms with Crippen LogP contribution in [-0.4, -0.2) is 28.2 Å². The molecule has 0 saturated heterocycles. The van der Waals surface area contributed by atoms with E-state index in [-0.39, 0.29) is 5.16 Å². The molecule has 7 nitrogen and oxygen atoms in total. The molecular formula is C11H14BrN5O2S. The van der Waals surface area contributed by atoms with Gasteiger partial charge < -0.3 is 0 Å². The zero-order valence-electron chi connectivity index (χ0n) is 11.2. The summed E-state index contributed by atoms with van der Waals surface area (Å²) in [6.45, 7) is 5.54. The molecule has 0 amide bonds. The van der Waals surface area contributed by atoms with Crippen LogP contribution in [-0.2, 0) is 15.6 Å². The maximum Gasteiger partial charge on any atom is 0.273 e. The molecule has 2 heterocycles. The van der Waals surface area contributed by atoms with Crippen LogP contribution < -0.4 is 5.14 Å². The van der Waals surface area contributed by atoms with Crippen LogP contribution in [0, 0.1) is 0 Å². The average molecular weight is 360 g/mol. The van der Waals surface area contributed by atoms with Crippen LogP contribution in [0.5, 0.6) is 0 Å². The van der Waals surface area contributed by atoms with E-state index in [9.17, 15) is 8.42 Å². The highest BCUT2D eigenvalue weighted by atomic mass is 79.9. The van der Waals surface area contributed by atoms with Crippen molar-refractivity contribution in [2.75, 3.05) is 0 Å². The monoisotopic (exact) mass is 359 g/mol. The summed E-state index contributed by atoms with van der Waals surface area (Å²) >= 11 is 3.32. The maximum atomic E-state index is 11.6. The molecule has 0 fully saturated rings. The van der Waals surface area contributed by atoms with Gasteiger partial charge in [0.2, 0.25) is 0 Å². The fourth-order valence-electron chi connectivity index (χ4n) is 1.78. The summed E-state index contributed by atoms with van der Waals surface area (Å²) in [6, 6.07) is 1.78. The Morgan fingerprint density at radius 3 is 2.40 bits per heavy atom. The minimum absolute atomic E-state index is 0.264. The molecule has 20 heavy (non-hydrogen) atoms. The van der Waals surface area contributed by atoms with Crippen LogP contribution in [0.2, 0.25) is 0 Å². The Morgan fingerprint density at radius 1 is 1.25 bits per heavy atom. The van der Waals surface area contributed by atoms with Crippen molar-refractivity contribution in [1.82, 2.24) is 19.7 Å². The minimum atomic E-state index is -3.96. The number of nitrogens with zero attached hydrogens (tertiary/aromatic N) is 4. The zero-order chi connectivity index (χ0) is 15.1. The van der Waals surface area contributed by atoms with Gasteiger partial charge in [0.05, 0.1) is 0 Å². The first-order valence-electron chi connectivity index (χ1n) is 5.70. The van der Waals surface area contributed by atoms with Crippen LogP contribution in [0.4, 0.5) is 0 Å². The molecule has 0 aromatic carbocycles. The lowest BCUT2D eigenvalue weighted by molar-refractivity contribution is 0.366. The van der Waals surface area contributed by atoms with Crippen molar-refractivity contribution < 1.29 is 8.42 Å². The van der Waals surface area contributed by atoms with Crippen molar-refractivity contribution >= 4 is 26.0 Å². The van der Waals surface area contributed by atoms with Crippen molar-refractivity contribution in [3.63, 3.8) is 0 Å². The minimum Gasteiger partial charge on any atom is -0.291 e. The Balaban J connectivity index is 2.76. The van der Waals surface area contributed by atoms with Gasteiger partial charge in [-0.25, -0.2) is 13.6 Å². The number of aromatic nitrogens is 4. The van der Waals surface area contributed by atoms with E-state index < -0.39 is 15.6 Å². The van der Waals surface area contributed by atoms with E-state index in [1.807, 2.05) is 20.8 Å². The van der Waals surface area contributed by atoms with Crippen LogP contribution in [0.25, 0.3) is 11.4 Å². The van der Waals surface area contributed by atoms with Crippen molar-refractivity contribution in [2.24, 2.45) is 5.14 Å². The summed E-state index contributed by atoms with van der Waals surface area (Å²) in [7, 11) is -3.96. The van der Waals surface area contributed by atoms with E-state index in [1.165, 1.54) is 4.57 Å². The van der Waals surface area contributed by atoms with E-state index in [2.05, 4.69) is 31.1 Å². The van der Waals surface area contributed by atoms with Gasteiger partial charge in [0.15, 0.2) is 5.82 Å². The van der Waals surface area contributed by atoms with Crippen molar-refractivity contribution in [3.05, 3.63) is 22.9 Å². The van der Waals surface area contributed by atoms with Gasteiger partial charge in [0.25, 0.3) is 15.2 Å². The molecule has 0 saturated carbocycles. The van der Waals surface area contributed by atoms with E-state index in [0.29, 0.717) is 11.4 Å². The Kier molecular flexibility index (Phi) is 3.69. The molecule has 0 spiro atoms. The van der Waals surface area contributed by atoms with Crippen molar-refractivity contribution in [3.8, 4) is 11.4 Å². The first kappa shape index (κ1) is 15.1. The van der Waals surface area contributed by atoms with Crippen LogP contribution in [0.3, 0.4) is 0 Å². The maximum absolute atomic E-state index is 11.6. The predicted octanol–water partition coefficient (Wildman–Crippen LogP) is 1.50. The molecule has 0 unspecified atom stereocenters. The summed E-state index contributed by atoms with van der Waals surface area (Å²) in [5, 5.41) is 12.6. The normalized spacial score (nSPS) is 12.7. The summed E-state index contributed by atoms with van der Waals surface area (Å²) < 4.78 is 25.5. The molecule has 9 heteroatoms. The molecule has 2 rings (SSSR count). The second-order valence-electron chi connectivity index (χ2n) is 5.25. The van der Waals surface area contributed by atoms with E-state index in [1.54, 1.807) is 18.5 Å². The van der Waals surface area contributed by atoms with Gasteiger partial charge in [-0.05, 0) is 42.8 Å². The highest BCUT2D eigenvalue weighted by molar-refractivity contribution is 9.10. The van der Waals surface area contributed by atoms with Gasteiger partial charge in [0, 0.05) is 28.0 Å². The SMILES string of the molecule is CC(C)(C)n1c(-c2cncc(Br)c2)nnc1S(N)(=O)=O. The molecule has 2 aromatic rings. The van der Waals surface area contributed by atoms with Gasteiger partial charge in [0.1, 0.15) is 0 Å². The molecular weight excluding hydrogens is 346 g/mol. The number of sulfonamides is 1. The molecule has 0 aliphatic carbocycles. The fourth-order valence-corrected chi connectivity index (χ4v) is 2.91. The lowest BCUT2D eigenvalue weighted by atomic mass is 10.1. The number of halogens is 1. The second-order valence-corrected chi connectivity index (χ2v) is 7.62. The van der Waals surface area contributed by atoms with Crippen molar-refractivity contribution in [1.29, 1.82) is 0 Å². The number of hydrogen-bond donors (Lipinski definition) is 1. The summed E-state index contributed by atoms with van der Waals surface area (Å²) in [5.41, 5.74) is 0.0971. The molecule has 108 valence electrons. The molecule has 2 aromatic heterocycles. The number of rotatable bonds is 2. The average Bonchev–Trinajstić information content (AvgIpc) is 2.72. The smallest absolute Gasteiger partial charge is 0.273 e. The Morgan fingerprint density at radius 2 is 1.90 bits per heavy atom. The topological polar surface area (TPSA) is 104 Å². The standard InChI is InChI=1S/C11H14BrN5O2S/c1-11(2,3)17-9(7-4-8(12)6-14-5-7)15-16-10(17)20(13,18)19/h4-6H,1-3H3,(H2,13,18,19).